The van der Waals surface area contributed by atoms with Crippen molar-refractivity contribution < 1.29 is 14.4 Å². The lowest BCUT2D eigenvalue weighted by Gasteiger charge is -2.56. The molecule has 0 saturated heterocycles. The minimum absolute atomic E-state index is 0.0707. The van der Waals surface area contributed by atoms with Gasteiger partial charge in [0.15, 0.2) is 0 Å². The first kappa shape index (κ1) is 19.9. The maximum absolute atomic E-state index is 12.6. The highest BCUT2D eigenvalue weighted by atomic mass is 16.2. The molecular formula is C23H31N3O3. The van der Waals surface area contributed by atoms with E-state index in [-0.39, 0.29) is 29.6 Å². The van der Waals surface area contributed by atoms with Gasteiger partial charge in [0.05, 0.1) is 12.5 Å². The molecule has 4 aliphatic carbocycles. The molecule has 0 heterocycles. The molecule has 3 amide bonds. The summed E-state index contributed by atoms with van der Waals surface area (Å²) in [7, 11) is 0. The summed E-state index contributed by atoms with van der Waals surface area (Å²) < 4.78 is 0. The lowest BCUT2D eigenvalue weighted by molar-refractivity contribution is -0.134. The highest BCUT2D eigenvalue weighted by Crippen LogP contribution is 2.61. The highest BCUT2D eigenvalue weighted by Gasteiger charge is 2.51. The van der Waals surface area contributed by atoms with Crippen molar-refractivity contribution in [1.29, 1.82) is 0 Å². The number of nitrogens with one attached hydrogen (secondary N) is 3. The zero-order valence-corrected chi connectivity index (χ0v) is 17.1. The molecular weight excluding hydrogens is 366 g/mol. The Labute approximate surface area is 172 Å². The fraction of sp³-hybridized carbons (Fsp3) is 0.609. The number of benzene rings is 1. The van der Waals surface area contributed by atoms with Crippen LogP contribution in [0.5, 0.6) is 0 Å². The van der Waals surface area contributed by atoms with Crippen LogP contribution in [0.4, 0.5) is 0 Å². The number of amides is 3. The molecule has 6 nitrogen and oxygen atoms in total. The van der Waals surface area contributed by atoms with Gasteiger partial charge >= 0.3 is 0 Å². The van der Waals surface area contributed by atoms with Crippen LogP contribution in [0.2, 0.25) is 0 Å². The summed E-state index contributed by atoms with van der Waals surface area (Å²) in [5, 5.41) is 2.81. The van der Waals surface area contributed by atoms with Crippen LogP contribution in [0, 0.1) is 23.2 Å². The van der Waals surface area contributed by atoms with Gasteiger partial charge in [-0.3, -0.25) is 25.2 Å². The number of carbonyl (C=O) groups is 3. The van der Waals surface area contributed by atoms with E-state index >= 15 is 0 Å². The summed E-state index contributed by atoms with van der Waals surface area (Å²) in [6.45, 7) is 1.43. The van der Waals surface area contributed by atoms with Gasteiger partial charge in [0, 0.05) is 13.3 Å². The molecule has 0 aromatic heterocycles. The van der Waals surface area contributed by atoms with E-state index in [2.05, 4.69) is 16.2 Å². The minimum atomic E-state index is -0.422. The zero-order valence-electron chi connectivity index (χ0n) is 17.1. The normalized spacial score (nSPS) is 30.4. The number of hydrogen-bond donors (Lipinski definition) is 3. The molecule has 0 aliphatic heterocycles. The van der Waals surface area contributed by atoms with Crippen molar-refractivity contribution in [1.82, 2.24) is 16.2 Å². The smallest absolute Gasteiger partial charge is 0.240 e. The van der Waals surface area contributed by atoms with Crippen LogP contribution in [-0.4, -0.2) is 17.7 Å². The topological polar surface area (TPSA) is 87.3 Å². The summed E-state index contributed by atoms with van der Waals surface area (Å²) >= 11 is 0. The molecule has 4 bridgehead atoms. The molecule has 1 aromatic carbocycles. The lowest BCUT2D eigenvalue weighted by atomic mass is 9.49. The van der Waals surface area contributed by atoms with Crippen molar-refractivity contribution in [3.63, 3.8) is 0 Å². The molecule has 0 spiro atoms. The number of hydrazine groups is 1. The molecule has 5 rings (SSSR count). The lowest BCUT2D eigenvalue weighted by Crippen LogP contribution is -2.50. The van der Waals surface area contributed by atoms with Gasteiger partial charge in [-0.2, -0.15) is 0 Å². The largest absolute Gasteiger partial charge is 0.349 e. The molecule has 6 heteroatoms. The van der Waals surface area contributed by atoms with E-state index < -0.39 is 6.04 Å². The Hall–Kier alpha value is -2.37. The van der Waals surface area contributed by atoms with Crippen molar-refractivity contribution in [2.24, 2.45) is 23.2 Å². The molecule has 0 radical (unpaired) electrons. The summed E-state index contributed by atoms with van der Waals surface area (Å²) in [5.74, 6) is 1.79. The van der Waals surface area contributed by atoms with E-state index in [1.807, 2.05) is 30.3 Å². The van der Waals surface area contributed by atoms with Crippen LogP contribution in [0.25, 0.3) is 0 Å². The molecule has 0 unspecified atom stereocenters. The van der Waals surface area contributed by atoms with E-state index in [1.54, 1.807) is 0 Å². The van der Waals surface area contributed by atoms with Crippen LogP contribution < -0.4 is 16.2 Å². The van der Waals surface area contributed by atoms with Crippen molar-refractivity contribution >= 4 is 17.7 Å². The number of rotatable bonds is 6. The fourth-order valence-electron chi connectivity index (χ4n) is 6.45. The molecule has 4 fully saturated rings. The van der Waals surface area contributed by atoms with Crippen molar-refractivity contribution in [2.75, 3.05) is 0 Å². The summed E-state index contributed by atoms with van der Waals surface area (Å²) in [6, 6.07) is 8.96. The van der Waals surface area contributed by atoms with Gasteiger partial charge in [-0.1, -0.05) is 30.3 Å². The predicted molar refractivity (Wildman–Crippen MR) is 109 cm³/mol. The standard InChI is InChI=1S/C23H31N3O3/c1-15(27)24-20(19-5-3-2-4-6-19)10-21(28)25-26-22(29)14-23-11-16-7-17(12-23)9-18(8-16)13-23/h2-6,16-18,20H,7-14H2,1H3,(H,24,27)(H,25,28)(H,26,29)/t16?,17?,18?,20-,23?/m1/s1. The number of hydrogen-bond acceptors (Lipinski definition) is 3. The molecule has 156 valence electrons. The molecule has 3 N–H and O–H groups in total. The summed E-state index contributed by atoms with van der Waals surface area (Å²) in [6.07, 6.45) is 8.12. The molecule has 1 atom stereocenters. The third kappa shape index (κ3) is 4.80. The van der Waals surface area contributed by atoms with Gasteiger partial charge in [-0.15, -0.1) is 0 Å². The van der Waals surface area contributed by atoms with Gasteiger partial charge in [-0.25, -0.2) is 0 Å². The van der Waals surface area contributed by atoms with Crippen molar-refractivity contribution in [3.05, 3.63) is 35.9 Å². The Kier molecular flexibility index (Phi) is 5.61. The molecule has 4 aliphatic rings. The Bertz CT molecular complexity index is 742. The highest BCUT2D eigenvalue weighted by molar-refractivity contribution is 5.83. The van der Waals surface area contributed by atoms with Gasteiger partial charge in [0.1, 0.15) is 0 Å². The molecule has 29 heavy (non-hydrogen) atoms. The van der Waals surface area contributed by atoms with E-state index in [0.29, 0.717) is 6.42 Å². The van der Waals surface area contributed by atoms with Crippen LogP contribution in [0.3, 0.4) is 0 Å². The minimum Gasteiger partial charge on any atom is -0.349 e. The van der Waals surface area contributed by atoms with E-state index in [1.165, 1.54) is 45.4 Å². The Morgan fingerprint density at radius 3 is 2.03 bits per heavy atom. The first-order valence-corrected chi connectivity index (χ1v) is 10.8. The molecule has 1 aromatic rings. The third-order valence-corrected chi connectivity index (χ3v) is 7.01. The van der Waals surface area contributed by atoms with Gasteiger partial charge < -0.3 is 5.32 Å². The predicted octanol–water partition coefficient (Wildman–Crippen LogP) is 3.01. The Balaban J connectivity index is 1.28. The summed E-state index contributed by atoms with van der Waals surface area (Å²) in [5.41, 5.74) is 6.17. The van der Waals surface area contributed by atoms with Crippen LogP contribution in [-0.2, 0) is 14.4 Å². The van der Waals surface area contributed by atoms with E-state index in [4.69, 9.17) is 0 Å². The second-order valence-corrected chi connectivity index (χ2v) is 9.56. The first-order chi connectivity index (χ1) is 13.9. The SMILES string of the molecule is CC(=O)N[C@H](CC(=O)NNC(=O)CC12CC3CC(CC(C3)C1)C2)c1ccccc1. The monoisotopic (exact) mass is 397 g/mol. The first-order valence-electron chi connectivity index (χ1n) is 10.8. The zero-order chi connectivity index (χ0) is 20.4. The maximum atomic E-state index is 12.6. The average molecular weight is 398 g/mol. The average Bonchev–Trinajstić information content (AvgIpc) is 2.65. The van der Waals surface area contributed by atoms with Crippen LogP contribution >= 0.6 is 0 Å². The van der Waals surface area contributed by atoms with Crippen LogP contribution in [0.1, 0.15) is 69.9 Å². The van der Waals surface area contributed by atoms with Crippen molar-refractivity contribution in [2.45, 2.75) is 64.3 Å². The van der Waals surface area contributed by atoms with Gasteiger partial charge in [0.2, 0.25) is 17.7 Å². The van der Waals surface area contributed by atoms with Gasteiger partial charge in [-0.05, 0) is 67.3 Å². The molecule has 4 saturated carbocycles. The van der Waals surface area contributed by atoms with E-state index in [9.17, 15) is 14.4 Å². The Morgan fingerprint density at radius 2 is 1.48 bits per heavy atom. The second-order valence-electron chi connectivity index (χ2n) is 9.56. The van der Waals surface area contributed by atoms with Gasteiger partial charge in [0.25, 0.3) is 0 Å². The van der Waals surface area contributed by atoms with E-state index in [0.717, 1.165) is 23.3 Å². The third-order valence-electron chi connectivity index (χ3n) is 7.01. The van der Waals surface area contributed by atoms with Crippen molar-refractivity contribution in [3.8, 4) is 0 Å². The fourth-order valence-corrected chi connectivity index (χ4v) is 6.45. The summed E-state index contributed by atoms with van der Waals surface area (Å²) in [4.78, 5) is 36.5. The number of carbonyl (C=O) groups excluding carboxylic acids is 3. The Morgan fingerprint density at radius 1 is 0.931 bits per heavy atom. The quantitative estimate of drug-likeness (QED) is 0.645. The van der Waals surface area contributed by atoms with Crippen LogP contribution in [0.15, 0.2) is 30.3 Å². The maximum Gasteiger partial charge on any atom is 0.240 e. The second kappa shape index (κ2) is 8.17.